The maximum Gasteiger partial charge on any atom is 0.416 e. The lowest BCUT2D eigenvalue weighted by Crippen LogP contribution is -2.36. The Hall–Kier alpha value is -4.25. The number of alkyl halides is 3. The van der Waals surface area contributed by atoms with E-state index in [4.69, 9.17) is 14.2 Å². The van der Waals surface area contributed by atoms with Gasteiger partial charge in [0.2, 0.25) is 5.95 Å². The Morgan fingerprint density at radius 2 is 1.64 bits per heavy atom. The molecule has 0 atom stereocenters. The first-order valence-electron chi connectivity index (χ1n) is 12.4. The first kappa shape index (κ1) is 26.4. The van der Waals surface area contributed by atoms with Gasteiger partial charge in [-0.3, -0.25) is 0 Å². The largest absolute Gasteiger partial charge is 0.493 e. The van der Waals surface area contributed by atoms with E-state index in [1.165, 1.54) is 20.3 Å². The molecule has 1 fully saturated rings. The molecule has 8 nitrogen and oxygen atoms in total. The Morgan fingerprint density at radius 3 is 2.33 bits per heavy atom. The van der Waals surface area contributed by atoms with Crippen LogP contribution in [-0.2, 0) is 17.5 Å². The van der Waals surface area contributed by atoms with Crippen molar-refractivity contribution in [2.45, 2.75) is 12.7 Å². The van der Waals surface area contributed by atoms with Crippen LogP contribution < -0.4 is 25.0 Å². The van der Waals surface area contributed by atoms with Gasteiger partial charge in [-0.15, -0.1) is 0 Å². The molecule has 0 spiro atoms. The molecule has 1 aliphatic rings. The highest BCUT2D eigenvalue weighted by atomic mass is 19.4. The van der Waals surface area contributed by atoms with E-state index >= 15 is 0 Å². The third kappa shape index (κ3) is 6.09. The number of hydrogen-bond acceptors (Lipinski definition) is 8. The quantitative estimate of drug-likeness (QED) is 0.288. The number of hydrogen-bond donors (Lipinski definition) is 2. The van der Waals surface area contributed by atoms with E-state index in [9.17, 15) is 13.2 Å². The molecule has 39 heavy (non-hydrogen) atoms. The maximum absolute atomic E-state index is 13.2. The summed E-state index contributed by atoms with van der Waals surface area (Å²) in [5.74, 6) is 1.73. The summed E-state index contributed by atoms with van der Waals surface area (Å²) in [7, 11) is 3.06. The molecule has 3 aromatic carbocycles. The molecule has 2 heterocycles. The average Bonchev–Trinajstić information content (AvgIpc) is 2.95. The van der Waals surface area contributed by atoms with Crippen molar-refractivity contribution in [3.63, 3.8) is 0 Å². The summed E-state index contributed by atoms with van der Waals surface area (Å²) in [6.45, 7) is 3.21. The fourth-order valence-corrected chi connectivity index (χ4v) is 4.40. The van der Waals surface area contributed by atoms with Gasteiger partial charge < -0.3 is 29.7 Å². The normalized spacial score (nSPS) is 13.8. The van der Waals surface area contributed by atoms with E-state index in [0.29, 0.717) is 52.9 Å². The summed E-state index contributed by atoms with van der Waals surface area (Å²) in [4.78, 5) is 11.6. The van der Waals surface area contributed by atoms with Gasteiger partial charge in [-0.05, 0) is 48.0 Å². The van der Waals surface area contributed by atoms with Crippen molar-refractivity contribution >= 4 is 34.0 Å². The Morgan fingerprint density at radius 1 is 0.923 bits per heavy atom. The lowest BCUT2D eigenvalue weighted by molar-refractivity contribution is -0.137. The first-order valence-corrected chi connectivity index (χ1v) is 12.4. The molecular formula is C28H28F3N5O3. The standard InChI is InChI=1S/C28H28F3N5O3/c1-37-24-15-22-23(16-25(24)38-2)34-27(33-20-6-8-21(9-7-20)36-10-12-39-13-11-36)35-26(22)32-17-18-4-3-5-19(14-18)28(29,30)31/h3-9,14-16H,10-13,17H2,1-2H3,(H2,32,33,34,35). The number of aromatic nitrogens is 2. The summed E-state index contributed by atoms with van der Waals surface area (Å²) in [5.41, 5.74) is 2.22. The molecular weight excluding hydrogens is 511 g/mol. The van der Waals surface area contributed by atoms with E-state index in [1.54, 1.807) is 18.2 Å². The van der Waals surface area contributed by atoms with Gasteiger partial charge in [0.15, 0.2) is 11.5 Å². The molecule has 204 valence electrons. The van der Waals surface area contributed by atoms with Gasteiger partial charge in [-0.25, -0.2) is 4.98 Å². The lowest BCUT2D eigenvalue weighted by atomic mass is 10.1. The number of nitrogens with zero attached hydrogens (tertiary/aromatic N) is 3. The smallest absolute Gasteiger partial charge is 0.416 e. The molecule has 11 heteroatoms. The van der Waals surface area contributed by atoms with Crippen LogP contribution in [-0.4, -0.2) is 50.5 Å². The molecule has 0 unspecified atom stereocenters. The van der Waals surface area contributed by atoms with Crippen LogP contribution in [0, 0.1) is 0 Å². The number of methoxy groups -OCH3 is 2. The van der Waals surface area contributed by atoms with Gasteiger partial charge in [-0.1, -0.05) is 12.1 Å². The Bertz CT molecular complexity index is 1440. The van der Waals surface area contributed by atoms with Crippen molar-refractivity contribution in [2.75, 3.05) is 56.1 Å². The van der Waals surface area contributed by atoms with E-state index in [1.807, 2.05) is 24.3 Å². The summed E-state index contributed by atoms with van der Waals surface area (Å²) >= 11 is 0. The third-order valence-corrected chi connectivity index (χ3v) is 6.41. The lowest BCUT2D eigenvalue weighted by Gasteiger charge is -2.28. The fourth-order valence-electron chi connectivity index (χ4n) is 4.40. The number of fused-ring (bicyclic) bond motifs is 1. The minimum atomic E-state index is -4.42. The van der Waals surface area contributed by atoms with E-state index in [0.717, 1.165) is 36.6 Å². The highest BCUT2D eigenvalue weighted by Crippen LogP contribution is 2.35. The highest BCUT2D eigenvalue weighted by Gasteiger charge is 2.30. The van der Waals surface area contributed by atoms with Gasteiger partial charge in [0.05, 0.1) is 38.5 Å². The Balaban J connectivity index is 1.44. The minimum Gasteiger partial charge on any atom is -0.493 e. The Kier molecular flexibility index (Phi) is 7.60. The minimum absolute atomic E-state index is 0.123. The first-order chi connectivity index (χ1) is 18.8. The van der Waals surface area contributed by atoms with Gasteiger partial charge >= 0.3 is 6.18 Å². The van der Waals surface area contributed by atoms with Crippen LogP contribution in [0.4, 0.5) is 36.3 Å². The predicted octanol–water partition coefficient (Wildman–Crippen LogP) is 5.86. The van der Waals surface area contributed by atoms with Crippen molar-refractivity contribution in [3.05, 3.63) is 71.8 Å². The molecule has 0 amide bonds. The summed E-state index contributed by atoms with van der Waals surface area (Å²) in [5, 5.41) is 7.04. The molecule has 0 saturated carbocycles. The number of benzene rings is 3. The molecule has 1 saturated heterocycles. The maximum atomic E-state index is 13.2. The topological polar surface area (TPSA) is 80.8 Å². The van der Waals surface area contributed by atoms with Gasteiger partial charge in [0, 0.05) is 42.5 Å². The number of rotatable bonds is 8. The SMILES string of the molecule is COc1cc2nc(Nc3ccc(N4CCOCC4)cc3)nc(NCc3cccc(C(F)(F)F)c3)c2cc1OC. The molecule has 4 aromatic rings. The predicted molar refractivity (Wildman–Crippen MR) is 144 cm³/mol. The van der Waals surface area contributed by atoms with Crippen LogP contribution in [0.2, 0.25) is 0 Å². The zero-order valence-electron chi connectivity index (χ0n) is 21.5. The number of anilines is 4. The van der Waals surface area contributed by atoms with Crippen LogP contribution in [0.25, 0.3) is 10.9 Å². The molecule has 1 aliphatic heterocycles. The number of nitrogens with one attached hydrogen (secondary N) is 2. The van der Waals surface area contributed by atoms with E-state index in [2.05, 4.69) is 25.5 Å². The van der Waals surface area contributed by atoms with E-state index in [-0.39, 0.29) is 6.54 Å². The van der Waals surface area contributed by atoms with Crippen LogP contribution in [0.5, 0.6) is 11.5 Å². The van der Waals surface area contributed by atoms with E-state index < -0.39 is 11.7 Å². The number of halogens is 3. The monoisotopic (exact) mass is 539 g/mol. The second kappa shape index (κ2) is 11.2. The van der Waals surface area contributed by atoms with Crippen molar-refractivity contribution in [1.82, 2.24) is 9.97 Å². The number of morpholine rings is 1. The summed E-state index contributed by atoms with van der Waals surface area (Å²) in [6, 6.07) is 16.6. The highest BCUT2D eigenvalue weighted by molar-refractivity contribution is 5.93. The van der Waals surface area contributed by atoms with Gasteiger partial charge in [0.1, 0.15) is 5.82 Å². The summed E-state index contributed by atoms with van der Waals surface area (Å²) in [6.07, 6.45) is -4.42. The van der Waals surface area contributed by atoms with Crippen LogP contribution in [0.1, 0.15) is 11.1 Å². The van der Waals surface area contributed by atoms with Crippen molar-refractivity contribution < 1.29 is 27.4 Å². The Labute approximate surface area is 223 Å². The second-order valence-corrected chi connectivity index (χ2v) is 8.94. The molecule has 0 bridgehead atoms. The van der Waals surface area contributed by atoms with Crippen molar-refractivity contribution in [1.29, 1.82) is 0 Å². The van der Waals surface area contributed by atoms with Crippen molar-refractivity contribution in [2.24, 2.45) is 0 Å². The third-order valence-electron chi connectivity index (χ3n) is 6.41. The molecule has 2 N–H and O–H groups in total. The van der Waals surface area contributed by atoms with Crippen LogP contribution in [0.15, 0.2) is 60.7 Å². The zero-order chi connectivity index (χ0) is 27.4. The number of ether oxygens (including phenoxy) is 3. The second-order valence-electron chi connectivity index (χ2n) is 8.94. The average molecular weight is 540 g/mol. The van der Waals surface area contributed by atoms with Gasteiger partial charge in [-0.2, -0.15) is 18.2 Å². The fraction of sp³-hybridized carbons (Fsp3) is 0.286. The zero-order valence-corrected chi connectivity index (χ0v) is 21.5. The van der Waals surface area contributed by atoms with Crippen molar-refractivity contribution in [3.8, 4) is 11.5 Å². The summed E-state index contributed by atoms with van der Waals surface area (Å²) < 4.78 is 55.9. The molecule has 0 radical (unpaired) electrons. The molecule has 0 aliphatic carbocycles. The van der Waals surface area contributed by atoms with Crippen LogP contribution >= 0.6 is 0 Å². The molecule has 1 aromatic heterocycles. The molecule has 5 rings (SSSR count). The van der Waals surface area contributed by atoms with Gasteiger partial charge in [0.25, 0.3) is 0 Å². The van der Waals surface area contributed by atoms with Crippen LogP contribution in [0.3, 0.4) is 0 Å².